The fraction of sp³-hybridized carbons (Fsp3) is 0.533. The number of nitrogens with zero attached hydrogens (tertiary/aromatic N) is 1. The van der Waals surface area contributed by atoms with E-state index in [1.54, 1.807) is 19.1 Å². The van der Waals surface area contributed by atoms with E-state index in [9.17, 15) is 14.9 Å². The molecule has 1 amide bonds. The largest absolute Gasteiger partial charge is 0.351 e. The molecule has 116 valence electrons. The highest BCUT2D eigenvalue weighted by atomic mass is 79.9. The van der Waals surface area contributed by atoms with E-state index < -0.39 is 10.8 Å². The van der Waals surface area contributed by atoms with Gasteiger partial charge in [-0.1, -0.05) is 54.8 Å². The molecule has 5 nitrogen and oxygen atoms in total. The summed E-state index contributed by atoms with van der Waals surface area (Å²) in [7, 11) is 0. The molecule has 0 aliphatic carbocycles. The van der Waals surface area contributed by atoms with E-state index in [4.69, 9.17) is 0 Å². The van der Waals surface area contributed by atoms with Gasteiger partial charge in [-0.2, -0.15) is 0 Å². The average Bonchev–Trinajstić information content (AvgIpc) is 2.45. The Kier molecular flexibility index (Phi) is 6.81. The number of hydrogen-bond donors (Lipinski definition) is 1. The van der Waals surface area contributed by atoms with Crippen LogP contribution in [-0.2, 0) is 0 Å². The fourth-order valence-corrected chi connectivity index (χ4v) is 3.25. The van der Waals surface area contributed by atoms with Gasteiger partial charge >= 0.3 is 0 Å². The van der Waals surface area contributed by atoms with Crippen LogP contribution in [0.15, 0.2) is 18.2 Å². The summed E-state index contributed by atoms with van der Waals surface area (Å²) in [6.07, 6.45) is 2.04. The summed E-state index contributed by atoms with van der Waals surface area (Å²) in [6.45, 7) is 6.37. The lowest BCUT2D eigenvalue weighted by molar-refractivity contribution is -0.385. The molecule has 0 heterocycles. The third-order valence-electron chi connectivity index (χ3n) is 3.69. The molecule has 0 aromatic heterocycles. The van der Waals surface area contributed by atoms with E-state index in [1.807, 2.05) is 0 Å². The maximum atomic E-state index is 12.3. The molecule has 0 bridgehead atoms. The topological polar surface area (TPSA) is 72.2 Å². The third kappa shape index (κ3) is 4.52. The zero-order valence-electron chi connectivity index (χ0n) is 12.6. The summed E-state index contributed by atoms with van der Waals surface area (Å²) < 4.78 is 0. The molecule has 0 aliphatic heterocycles. The van der Waals surface area contributed by atoms with Gasteiger partial charge < -0.3 is 5.32 Å². The van der Waals surface area contributed by atoms with Gasteiger partial charge in [0.1, 0.15) is 5.56 Å². The first-order chi connectivity index (χ1) is 9.92. The van der Waals surface area contributed by atoms with Gasteiger partial charge in [-0.15, -0.1) is 0 Å². The van der Waals surface area contributed by atoms with Gasteiger partial charge in [-0.25, -0.2) is 0 Å². The molecule has 0 fully saturated rings. The number of alkyl halides is 1. The van der Waals surface area contributed by atoms with Gasteiger partial charge in [-0.3, -0.25) is 14.9 Å². The van der Waals surface area contributed by atoms with E-state index in [0.29, 0.717) is 18.0 Å². The van der Waals surface area contributed by atoms with E-state index in [2.05, 4.69) is 35.1 Å². The van der Waals surface area contributed by atoms with E-state index in [-0.39, 0.29) is 16.1 Å². The molecule has 21 heavy (non-hydrogen) atoms. The zero-order valence-corrected chi connectivity index (χ0v) is 14.1. The lowest BCUT2D eigenvalue weighted by Crippen LogP contribution is -2.33. The van der Waals surface area contributed by atoms with Crippen LogP contribution in [0.4, 0.5) is 5.69 Å². The second kappa shape index (κ2) is 8.12. The Labute approximate surface area is 133 Å². The Hall–Kier alpha value is -1.43. The predicted molar refractivity (Wildman–Crippen MR) is 87.0 cm³/mol. The van der Waals surface area contributed by atoms with Crippen molar-refractivity contribution in [2.24, 2.45) is 5.92 Å². The van der Waals surface area contributed by atoms with Gasteiger partial charge in [-0.05, 0) is 18.4 Å². The first-order valence-corrected chi connectivity index (χ1v) is 8.00. The highest BCUT2D eigenvalue weighted by Gasteiger charge is 2.23. The van der Waals surface area contributed by atoms with E-state index in [0.717, 1.165) is 12.8 Å². The molecule has 1 unspecified atom stereocenters. The van der Waals surface area contributed by atoms with Crippen molar-refractivity contribution in [3.63, 3.8) is 0 Å². The first-order valence-electron chi connectivity index (χ1n) is 7.08. The Bertz CT molecular complexity index is 516. The van der Waals surface area contributed by atoms with Crippen molar-refractivity contribution in [1.82, 2.24) is 5.32 Å². The second-order valence-corrected chi connectivity index (χ2v) is 6.20. The molecule has 1 N–H and O–H groups in total. The summed E-state index contributed by atoms with van der Waals surface area (Å²) in [6, 6.07) is 4.64. The number of rotatable bonds is 7. The highest BCUT2D eigenvalue weighted by Crippen LogP contribution is 2.23. The van der Waals surface area contributed by atoms with Crippen molar-refractivity contribution in [3.05, 3.63) is 39.4 Å². The number of halogens is 1. The SMILES string of the molecule is CCC(CC)C(Br)CNC(=O)c1c(C)cccc1[N+](=O)[O-]. The molecule has 6 heteroatoms. The molecule has 0 radical (unpaired) electrons. The number of nitro benzene ring substituents is 1. The van der Waals surface area contributed by atoms with Crippen LogP contribution in [0.2, 0.25) is 0 Å². The van der Waals surface area contributed by atoms with Crippen molar-refractivity contribution in [2.75, 3.05) is 6.54 Å². The zero-order chi connectivity index (χ0) is 16.0. The Morgan fingerprint density at radius 3 is 2.52 bits per heavy atom. The lowest BCUT2D eigenvalue weighted by Gasteiger charge is -2.20. The number of benzene rings is 1. The van der Waals surface area contributed by atoms with Crippen molar-refractivity contribution in [2.45, 2.75) is 38.4 Å². The van der Waals surface area contributed by atoms with Crippen molar-refractivity contribution < 1.29 is 9.72 Å². The standard InChI is InChI=1S/C15H21BrN2O3/c1-4-11(5-2)12(16)9-17-15(19)14-10(3)7-6-8-13(14)18(20)21/h6-8,11-12H,4-5,9H2,1-3H3,(H,17,19). The van der Waals surface area contributed by atoms with Crippen molar-refractivity contribution in [3.8, 4) is 0 Å². The van der Waals surface area contributed by atoms with Crippen LogP contribution in [0, 0.1) is 23.0 Å². The van der Waals surface area contributed by atoms with Crippen LogP contribution in [0.3, 0.4) is 0 Å². The highest BCUT2D eigenvalue weighted by molar-refractivity contribution is 9.09. The van der Waals surface area contributed by atoms with Crippen LogP contribution in [0.1, 0.15) is 42.6 Å². The first kappa shape index (κ1) is 17.6. The van der Waals surface area contributed by atoms with Crippen LogP contribution in [0.5, 0.6) is 0 Å². The molecule has 1 rings (SSSR count). The second-order valence-electron chi connectivity index (χ2n) is 5.03. The van der Waals surface area contributed by atoms with Crippen LogP contribution in [0.25, 0.3) is 0 Å². The summed E-state index contributed by atoms with van der Waals surface area (Å²) in [5.41, 5.74) is 0.600. The quantitative estimate of drug-likeness (QED) is 0.458. The van der Waals surface area contributed by atoms with Gasteiger partial charge in [0.05, 0.1) is 4.92 Å². The molecule has 0 saturated carbocycles. The Morgan fingerprint density at radius 1 is 1.38 bits per heavy atom. The average molecular weight is 357 g/mol. The third-order valence-corrected chi connectivity index (χ3v) is 4.76. The van der Waals surface area contributed by atoms with E-state index in [1.165, 1.54) is 6.07 Å². The molecular weight excluding hydrogens is 336 g/mol. The minimum Gasteiger partial charge on any atom is -0.351 e. The Morgan fingerprint density at radius 2 is 2.00 bits per heavy atom. The lowest BCUT2D eigenvalue weighted by atomic mass is 9.99. The molecule has 0 saturated heterocycles. The van der Waals surface area contributed by atoms with Crippen LogP contribution >= 0.6 is 15.9 Å². The van der Waals surface area contributed by atoms with Crippen LogP contribution < -0.4 is 5.32 Å². The molecule has 0 spiro atoms. The number of carbonyl (C=O) groups excluding carboxylic acids is 1. The minimum absolute atomic E-state index is 0.145. The van der Waals surface area contributed by atoms with E-state index >= 15 is 0 Å². The summed E-state index contributed by atoms with van der Waals surface area (Å²) in [4.78, 5) is 22.9. The maximum absolute atomic E-state index is 12.3. The van der Waals surface area contributed by atoms with Crippen molar-refractivity contribution in [1.29, 1.82) is 0 Å². The number of amides is 1. The molecule has 1 atom stereocenters. The van der Waals surface area contributed by atoms with Gasteiger partial charge in [0, 0.05) is 17.4 Å². The summed E-state index contributed by atoms with van der Waals surface area (Å²) >= 11 is 3.58. The molecule has 1 aromatic carbocycles. The maximum Gasteiger partial charge on any atom is 0.282 e. The smallest absolute Gasteiger partial charge is 0.282 e. The molecule has 0 aliphatic rings. The number of nitro groups is 1. The van der Waals surface area contributed by atoms with Gasteiger partial charge in [0.15, 0.2) is 0 Å². The van der Waals surface area contributed by atoms with Gasteiger partial charge in [0.25, 0.3) is 11.6 Å². The minimum atomic E-state index is -0.519. The molecular formula is C15H21BrN2O3. The number of aryl methyl sites for hydroxylation is 1. The fourth-order valence-electron chi connectivity index (χ4n) is 2.35. The van der Waals surface area contributed by atoms with Crippen LogP contribution in [-0.4, -0.2) is 22.2 Å². The monoisotopic (exact) mass is 356 g/mol. The van der Waals surface area contributed by atoms with Crippen molar-refractivity contribution >= 4 is 27.5 Å². The normalized spacial score (nSPS) is 12.2. The number of carbonyl (C=O) groups is 1. The summed E-state index contributed by atoms with van der Waals surface area (Å²) in [5, 5.41) is 13.8. The van der Waals surface area contributed by atoms with Gasteiger partial charge in [0.2, 0.25) is 0 Å². The number of hydrogen-bond acceptors (Lipinski definition) is 3. The number of nitrogens with one attached hydrogen (secondary N) is 1. The summed E-state index contributed by atoms with van der Waals surface area (Å²) in [5.74, 6) is 0.0763. The predicted octanol–water partition coefficient (Wildman–Crippen LogP) is 3.83. The Balaban J connectivity index is 2.84. The molecule has 1 aromatic rings.